The SMILES string of the molecule is COc1cccc(-c2coc3c(C)c(OC)c(/C(C)=C/C(=O)NCCc4c[nH]c5ccccc45)cc23)c1. The summed E-state index contributed by atoms with van der Waals surface area (Å²) < 4.78 is 17.1. The van der Waals surface area contributed by atoms with Crippen LogP contribution in [0.2, 0.25) is 0 Å². The van der Waals surface area contributed by atoms with Crippen molar-refractivity contribution in [2.75, 3.05) is 20.8 Å². The lowest BCUT2D eigenvalue weighted by Crippen LogP contribution is -2.23. The standard InChI is InChI=1S/C31H30N2O4/c1-19(14-29(34)32-13-12-22-17-33-28-11-6-5-10-24(22)28)25-16-26-27(21-8-7-9-23(15-21)35-3)18-37-31(26)20(2)30(25)36-4/h5-11,14-18,33H,12-13H2,1-4H3,(H,32,34)/b19-14+. The molecule has 37 heavy (non-hydrogen) atoms. The van der Waals surface area contributed by atoms with Crippen molar-refractivity contribution in [3.63, 3.8) is 0 Å². The molecule has 5 aromatic rings. The molecule has 3 aromatic carbocycles. The van der Waals surface area contributed by atoms with Gasteiger partial charge >= 0.3 is 0 Å². The van der Waals surface area contributed by atoms with Crippen LogP contribution in [0.5, 0.6) is 11.5 Å². The minimum atomic E-state index is -0.141. The average Bonchev–Trinajstić information content (AvgIpc) is 3.53. The number of H-pyrrole nitrogens is 1. The van der Waals surface area contributed by atoms with Crippen LogP contribution in [0.3, 0.4) is 0 Å². The summed E-state index contributed by atoms with van der Waals surface area (Å²) in [5.41, 5.74) is 7.54. The van der Waals surface area contributed by atoms with Gasteiger partial charge in [0.25, 0.3) is 0 Å². The van der Waals surface area contributed by atoms with Gasteiger partial charge in [0.05, 0.1) is 20.5 Å². The zero-order valence-corrected chi connectivity index (χ0v) is 21.5. The molecule has 0 unspecified atom stereocenters. The van der Waals surface area contributed by atoms with Crippen LogP contribution in [-0.2, 0) is 11.2 Å². The van der Waals surface area contributed by atoms with Gasteiger partial charge in [-0.2, -0.15) is 0 Å². The lowest BCUT2D eigenvalue weighted by Gasteiger charge is -2.13. The second-order valence-electron chi connectivity index (χ2n) is 9.07. The molecule has 0 aliphatic rings. The smallest absolute Gasteiger partial charge is 0.244 e. The quantitative estimate of drug-likeness (QED) is 0.236. The fraction of sp³-hybridized carbons (Fsp3) is 0.194. The van der Waals surface area contributed by atoms with E-state index in [1.807, 2.05) is 62.5 Å². The molecule has 0 radical (unpaired) electrons. The molecule has 0 aliphatic heterocycles. The third-order valence-electron chi connectivity index (χ3n) is 6.77. The summed E-state index contributed by atoms with van der Waals surface area (Å²) in [5.74, 6) is 1.33. The predicted octanol–water partition coefficient (Wildman–Crippen LogP) is 6.67. The van der Waals surface area contributed by atoms with E-state index in [2.05, 4.69) is 22.4 Å². The molecule has 6 nitrogen and oxygen atoms in total. The van der Waals surface area contributed by atoms with Crippen LogP contribution in [0.15, 0.2) is 77.6 Å². The topological polar surface area (TPSA) is 76.5 Å². The van der Waals surface area contributed by atoms with Crippen molar-refractivity contribution in [2.24, 2.45) is 0 Å². The molecule has 0 spiro atoms. The Labute approximate surface area is 215 Å². The monoisotopic (exact) mass is 494 g/mol. The van der Waals surface area contributed by atoms with E-state index in [4.69, 9.17) is 13.9 Å². The van der Waals surface area contributed by atoms with Crippen molar-refractivity contribution in [1.82, 2.24) is 10.3 Å². The van der Waals surface area contributed by atoms with Gasteiger partial charge in [0, 0.05) is 51.8 Å². The van der Waals surface area contributed by atoms with Gasteiger partial charge in [0.1, 0.15) is 17.1 Å². The number of para-hydroxylation sites is 1. The average molecular weight is 495 g/mol. The van der Waals surface area contributed by atoms with Crippen molar-refractivity contribution >= 4 is 33.4 Å². The highest BCUT2D eigenvalue weighted by Gasteiger charge is 2.19. The highest BCUT2D eigenvalue weighted by atomic mass is 16.5. The Morgan fingerprint density at radius 1 is 1.05 bits per heavy atom. The number of furan rings is 1. The molecule has 0 aliphatic carbocycles. The van der Waals surface area contributed by atoms with E-state index in [1.165, 1.54) is 10.9 Å². The number of fused-ring (bicyclic) bond motifs is 2. The first-order chi connectivity index (χ1) is 18.0. The Hall–Kier alpha value is -4.45. The first kappa shape index (κ1) is 24.3. The van der Waals surface area contributed by atoms with E-state index >= 15 is 0 Å². The fourth-order valence-electron chi connectivity index (χ4n) is 4.87. The van der Waals surface area contributed by atoms with Gasteiger partial charge < -0.3 is 24.2 Å². The Morgan fingerprint density at radius 2 is 1.89 bits per heavy atom. The van der Waals surface area contributed by atoms with Crippen LogP contribution in [0.25, 0.3) is 38.6 Å². The van der Waals surface area contributed by atoms with Crippen LogP contribution >= 0.6 is 0 Å². The molecule has 1 amide bonds. The van der Waals surface area contributed by atoms with Gasteiger partial charge in [-0.3, -0.25) is 4.79 Å². The Morgan fingerprint density at radius 3 is 2.70 bits per heavy atom. The van der Waals surface area contributed by atoms with E-state index in [0.717, 1.165) is 56.5 Å². The Balaban J connectivity index is 1.40. The number of hydrogen-bond donors (Lipinski definition) is 2. The molecular weight excluding hydrogens is 464 g/mol. The van der Waals surface area contributed by atoms with Gasteiger partial charge in [0.15, 0.2) is 0 Å². The molecule has 2 aromatic heterocycles. The minimum Gasteiger partial charge on any atom is -0.497 e. The molecule has 0 fully saturated rings. The number of nitrogens with one attached hydrogen (secondary N) is 2. The van der Waals surface area contributed by atoms with Crippen LogP contribution in [0.1, 0.15) is 23.6 Å². The van der Waals surface area contributed by atoms with Gasteiger partial charge in [-0.05, 0) is 61.2 Å². The van der Waals surface area contributed by atoms with Gasteiger partial charge in [-0.1, -0.05) is 30.3 Å². The maximum absolute atomic E-state index is 12.8. The molecule has 2 heterocycles. The number of methoxy groups -OCH3 is 2. The summed E-state index contributed by atoms with van der Waals surface area (Å²) in [6, 6.07) is 18.1. The van der Waals surface area contributed by atoms with Gasteiger partial charge in [-0.15, -0.1) is 0 Å². The maximum atomic E-state index is 12.8. The summed E-state index contributed by atoms with van der Waals surface area (Å²) in [6.07, 6.45) is 6.14. The number of allylic oxidation sites excluding steroid dienone is 1. The number of benzene rings is 3. The summed E-state index contributed by atoms with van der Waals surface area (Å²) in [4.78, 5) is 16.1. The number of aryl methyl sites for hydroxylation is 1. The zero-order chi connectivity index (χ0) is 25.9. The summed E-state index contributed by atoms with van der Waals surface area (Å²) in [6.45, 7) is 4.44. The number of ether oxygens (including phenoxy) is 2. The summed E-state index contributed by atoms with van der Waals surface area (Å²) in [5, 5.41) is 5.16. The summed E-state index contributed by atoms with van der Waals surface area (Å²) >= 11 is 0. The minimum absolute atomic E-state index is 0.141. The van der Waals surface area contributed by atoms with Crippen LogP contribution in [0, 0.1) is 6.92 Å². The maximum Gasteiger partial charge on any atom is 0.244 e. The van der Waals surface area contributed by atoms with E-state index in [9.17, 15) is 4.79 Å². The normalized spacial score (nSPS) is 11.7. The second-order valence-corrected chi connectivity index (χ2v) is 9.07. The third kappa shape index (κ3) is 4.70. The number of carbonyl (C=O) groups is 1. The van der Waals surface area contributed by atoms with Crippen molar-refractivity contribution < 1.29 is 18.7 Å². The molecule has 0 bridgehead atoms. The molecule has 188 valence electrons. The fourth-order valence-corrected chi connectivity index (χ4v) is 4.87. The van der Waals surface area contributed by atoms with Gasteiger partial charge in [-0.25, -0.2) is 0 Å². The van der Waals surface area contributed by atoms with Crippen molar-refractivity contribution in [3.05, 3.63) is 89.8 Å². The molecule has 0 atom stereocenters. The van der Waals surface area contributed by atoms with Crippen LogP contribution in [0.4, 0.5) is 0 Å². The first-order valence-corrected chi connectivity index (χ1v) is 12.2. The van der Waals surface area contributed by atoms with Crippen molar-refractivity contribution in [3.8, 4) is 22.6 Å². The number of aromatic amines is 1. The van der Waals surface area contributed by atoms with Gasteiger partial charge in [0.2, 0.25) is 5.91 Å². The number of amides is 1. The highest BCUT2D eigenvalue weighted by Crippen LogP contribution is 2.41. The highest BCUT2D eigenvalue weighted by molar-refractivity contribution is 6.01. The lowest BCUT2D eigenvalue weighted by molar-refractivity contribution is -0.116. The molecule has 0 saturated heterocycles. The number of carbonyl (C=O) groups excluding carboxylic acids is 1. The van der Waals surface area contributed by atoms with E-state index in [0.29, 0.717) is 12.3 Å². The van der Waals surface area contributed by atoms with E-state index in [-0.39, 0.29) is 5.91 Å². The Bertz CT molecular complexity index is 1620. The molecule has 6 heteroatoms. The number of rotatable bonds is 8. The molecule has 2 N–H and O–H groups in total. The van der Waals surface area contributed by atoms with Crippen LogP contribution in [-0.4, -0.2) is 31.7 Å². The van der Waals surface area contributed by atoms with Crippen molar-refractivity contribution in [2.45, 2.75) is 20.3 Å². The zero-order valence-electron chi connectivity index (χ0n) is 21.5. The summed E-state index contributed by atoms with van der Waals surface area (Å²) in [7, 11) is 3.29. The predicted molar refractivity (Wildman–Crippen MR) is 148 cm³/mol. The first-order valence-electron chi connectivity index (χ1n) is 12.2. The molecular formula is C31H30N2O4. The molecule has 5 rings (SSSR count). The van der Waals surface area contributed by atoms with Crippen LogP contribution < -0.4 is 14.8 Å². The van der Waals surface area contributed by atoms with E-state index in [1.54, 1.807) is 26.6 Å². The van der Waals surface area contributed by atoms with Crippen molar-refractivity contribution in [1.29, 1.82) is 0 Å². The van der Waals surface area contributed by atoms with E-state index < -0.39 is 0 Å². The number of hydrogen-bond acceptors (Lipinski definition) is 4. The lowest BCUT2D eigenvalue weighted by atomic mass is 9.96. The molecule has 0 saturated carbocycles. The Kier molecular flexibility index (Phi) is 6.73. The largest absolute Gasteiger partial charge is 0.497 e. The third-order valence-corrected chi connectivity index (χ3v) is 6.77. The number of aromatic nitrogens is 1. The second kappa shape index (κ2) is 10.3.